The molecule has 0 heterocycles. The number of benzene rings is 1. The largest absolute Gasteiger partial charge is 0.323 e. The summed E-state index contributed by atoms with van der Waals surface area (Å²) in [5, 5.41) is 5.50. The zero-order valence-corrected chi connectivity index (χ0v) is 11.9. The van der Waals surface area contributed by atoms with E-state index in [-0.39, 0.29) is 6.03 Å². The maximum atomic E-state index is 11.6. The summed E-state index contributed by atoms with van der Waals surface area (Å²) in [6, 6.07) is 5.51. The fraction of sp³-hybridized carbons (Fsp3) is 0.308. The van der Waals surface area contributed by atoms with Crippen LogP contribution in [0.4, 0.5) is 10.5 Å². The van der Waals surface area contributed by atoms with Gasteiger partial charge < -0.3 is 10.6 Å². The van der Waals surface area contributed by atoms with Crippen molar-refractivity contribution < 1.29 is 4.79 Å². The van der Waals surface area contributed by atoms with Crippen LogP contribution in [0.25, 0.3) is 0 Å². The Kier molecular flexibility index (Phi) is 5.22. The lowest BCUT2D eigenvalue weighted by atomic mass is 10.2. The summed E-state index contributed by atoms with van der Waals surface area (Å²) < 4.78 is 1.00. The molecule has 0 spiro atoms. The van der Waals surface area contributed by atoms with Crippen LogP contribution in [0, 0.1) is 6.92 Å². The Bertz CT molecular complexity index is 441. The van der Waals surface area contributed by atoms with Crippen molar-refractivity contribution in [1.82, 2.24) is 5.32 Å². The van der Waals surface area contributed by atoms with Gasteiger partial charge in [0.1, 0.15) is 0 Å². The molecule has 92 valence electrons. The summed E-state index contributed by atoms with van der Waals surface area (Å²) in [5.41, 5.74) is 2.96. The maximum Gasteiger partial charge on any atom is 0.323 e. The number of carbonyl (C=O) groups excluding carboxylic acids is 1. The molecule has 4 heteroatoms. The SMILES string of the molecule is CC/C(C)=C/NC(=O)Nc1ccc(Br)cc1C. The van der Waals surface area contributed by atoms with Crippen LogP contribution >= 0.6 is 15.9 Å². The van der Waals surface area contributed by atoms with E-state index in [2.05, 4.69) is 26.6 Å². The molecular formula is C13H17BrN2O. The normalized spacial score (nSPS) is 11.2. The van der Waals surface area contributed by atoms with Crippen LogP contribution in [0.5, 0.6) is 0 Å². The van der Waals surface area contributed by atoms with Crippen molar-refractivity contribution in [1.29, 1.82) is 0 Å². The van der Waals surface area contributed by atoms with Crippen LogP contribution < -0.4 is 10.6 Å². The minimum atomic E-state index is -0.219. The van der Waals surface area contributed by atoms with Crippen LogP contribution in [0.3, 0.4) is 0 Å². The number of hydrogen-bond acceptors (Lipinski definition) is 1. The smallest absolute Gasteiger partial charge is 0.314 e. The minimum absolute atomic E-state index is 0.219. The lowest BCUT2D eigenvalue weighted by Crippen LogP contribution is -2.24. The first-order valence-electron chi connectivity index (χ1n) is 5.52. The van der Waals surface area contributed by atoms with Gasteiger partial charge in [-0.2, -0.15) is 0 Å². The number of halogens is 1. The van der Waals surface area contributed by atoms with Crippen LogP contribution in [-0.4, -0.2) is 6.03 Å². The number of anilines is 1. The molecule has 3 nitrogen and oxygen atoms in total. The molecule has 0 aliphatic heterocycles. The highest BCUT2D eigenvalue weighted by atomic mass is 79.9. The van der Waals surface area contributed by atoms with Gasteiger partial charge >= 0.3 is 6.03 Å². The van der Waals surface area contributed by atoms with E-state index in [9.17, 15) is 4.79 Å². The molecule has 0 radical (unpaired) electrons. The van der Waals surface area contributed by atoms with Crippen LogP contribution in [0.1, 0.15) is 25.8 Å². The minimum Gasteiger partial charge on any atom is -0.314 e. The number of carbonyl (C=O) groups is 1. The van der Waals surface area contributed by atoms with E-state index >= 15 is 0 Å². The van der Waals surface area contributed by atoms with Gasteiger partial charge in [-0.25, -0.2) is 4.79 Å². The molecule has 0 fully saturated rings. The second-order valence-electron chi connectivity index (χ2n) is 3.90. The quantitative estimate of drug-likeness (QED) is 0.863. The molecule has 0 saturated carbocycles. The fourth-order valence-corrected chi connectivity index (χ4v) is 1.69. The molecule has 2 amide bonds. The maximum absolute atomic E-state index is 11.6. The first-order chi connectivity index (χ1) is 8.02. The Morgan fingerprint density at radius 2 is 2.18 bits per heavy atom. The van der Waals surface area contributed by atoms with Crippen molar-refractivity contribution in [2.45, 2.75) is 27.2 Å². The van der Waals surface area contributed by atoms with E-state index in [0.29, 0.717) is 0 Å². The summed E-state index contributed by atoms with van der Waals surface area (Å²) in [7, 11) is 0. The Balaban J connectivity index is 2.62. The highest BCUT2D eigenvalue weighted by molar-refractivity contribution is 9.10. The van der Waals surface area contributed by atoms with Crippen molar-refractivity contribution in [3.05, 3.63) is 40.0 Å². The number of nitrogens with one attached hydrogen (secondary N) is 2. The van der Waals surface area contributed by atoms with Crippen molar-refractivity contribution in [3.63, 3.8) is 0 Å². The third kappa shape index (κ3) is 4.61. The van der Waals surface area contributed by atoms with Crippen LogP contribution in [0.15, 0.2) is 34.4 Å². The average molecular weight is 297 g/mol. The van der Waals surface area contributed by atoms with Gasteiger partial charge in [0.05, 0.1) is 0 Å². The van der Waals surface area contributed by atoms with Gasteiger partial charge in [-0.1, -0.05) is 28.4 Å². The standard InChI is InChI=1S/C13H17BrN2O/c1-4-9(2)8-15-13(17)16-12-6-5-11(14)7-10(12)3/h5-8H,4H2,1-3H3,(H2,15,16,17)/b9-8+. The number of amides is 2. The average Bonchev–Trinajstić information content (AvgIpc) is 2.29. The summed E-state index contributed by atoms with van der Waals surface area (Å²) in [4.78, 5) is 11.6. The molecule has 17 heavy (non-hydrogen) atoms. The van der Waals surface area contributed by atoms with Gasteiger partial charge in [-0.05, 0) is 44.0 Å². The Labute approximate surface area is 110 Å². The molecular weight excluding hydrogens is 280 g/mol. The van der Waals surface area contributed by atoms with E-state index in [4.69, 9.17) is 0 Å². The number of rotatable bonds is 3. The van der Waals surface area contributed by atoms with Gasteiger partial charge in [0.2, 0.25) is 0 Å². The summed E-state index contributed by atoms with van der Waals surface area (Å²) in [5.74, 6) is 0. The lowest BCUT2D eigenvalue weighted by molar-refractivity contribution is 0.255. The third-order valence-corrected chi connectivity index (χ3v) is 2.94. The number of urea groups is 1. The van der Waals surface area contributed by atoms with Gasteiger partial charge in [0, 0.05) is 16.4 Å². The van der Waals surface area contributed by atoms with Crippen molar-refractivity contribution in [3.8, 4) is 0 Å². The molecule has 1 aromatic carbocycles. The van der Waals surface area contributed by atoms with E-state index in [0.717, 1.165) is 27.7 Å². The second-order valence-corrected chi connectivity index (χ2v) is 4.82. The molecule has 0 aliphatic rings. The summed E-state index contributed by atoms with van der Waals surface area (Å²) >= 11 is 3.38. The van der Waals surface area contributed by atoms with E-state index < -0.39 is 0 Å². The lowest BCUT2D eigenvalue weighted by Gasteiger charge is -2.08. The fourth-order valence-electron chi connectivity index (χ4n) is 1.22. The second kappa shape index (κ2) is 6.45. The Morgan fingerprint density at radius 3 is 2.76 bits per heavy atom. The van der Waals surface area contributed by atoms with Crippen molar-refractivity contribution >= 4 is 27.6 Å². The molecule has 0 aliphatic carbocycles. The first-order valence-corrected chi connectivity index (χ1v) is 6.31. The predicted molar refractivity (Wildman–Crippen MR) is 75.1 cm³/mol. The summed E-state index contributed by atoms with van der Waals surface area (Å²) in [6.07, 6.45) is 2.65. The van der Waals surface area contributed by atoms with E-state index in [1.807, 2.05) is 39.0 Å². The highest BCUT2D eigenvalue weighted by Gasteiger charge is 2.03. The monoisotopic (exact) mass is 296 g/mol. The van der Waals surface area contributed by atoms with Crippen LogP contribution in [0.2, 0.25) is 0 Å². The molecule has 1 aromatic rings. The molecule has 0 atom stereocenters. The van der Waals surface area contributed by atoms with Crippen molar-refractivity contribution in [2.24, 2.45) is 0 Å². The Morgan fingerprint density at radius 1 is 1.47 bits per heavy atom. The zero-order chi connectivity index (χ0) is 12.8. The molecule has 2 N–H and O–H groups in total. The third-order valence-electron chi connectivity index (χ3n) is 2.44. The Hall–Kier alpha value is -1.29. The summed E-state index contributed by atoms with van der Waals surface area (Å²) in [6.45, 7) is 5.98. The molecule has 0 bridgehead atoms. The van der Waals surface area contributed by atoms with Crippen molar-refractivity contribution in [2.75, 3.05) is 5.32 Å². The zero-order valence-electron chi connectivity index (χ0n) is 10.3. The molecule has 1 rings (SSSR count). The van der Waals surface area contributed by atoms with Gasteiger partial charge in [-0.3, -0.25) is 0 Å². The molecule has 0 unspecified atom stereocenters. The highest BCUT2D eigenvalue weighted by Crippen LogP contribution is 2.19. The van der Waals surface area contributed by atoms with Gasteiger partial charge in [0.15, 0.2) is 0 Å². The van der Waals surface area contributed by atoms with E-state index in [1.54, 1.807) is 6.20 Å². The van der Waals surface area contributed by atoms with Gasteiger partial charge in [0.25, 0.3) is 0 Å². The first kappa shape index (κ1) is 13.8. The number of allylic oxidation sites excluding steroid dienone is 1. The predicted octanol–water partition coefficient (Wildman–Crippen LogP) is 4.19. The van der Waals surface area contributed by atoms with E-state index in [1.165, 1.54) is 0 Å². The molecule has 0 aromatic heterocycles. The van der Waals surface area contributed by atoms with Gasteiger partial charge in [-0.15, -0.1) is 0 Å². The van der Waals surface area contributed by atoms with Crippen LogP contribution in [-0.2, 0) is 0 Å². The topological polar surface area (TPSA) is 41.1 Å². The number of hydrogen-bond donors (Lipinski definition) is 2. The number of aryl methyl sites for hydroxylation is 1. The molecule has 0 saturated heterocycles.